The van der Waals surface area contributed by atoms with Crippen molar-refractivity contribution in [2.75, 3.05) is 20.2 Å². The molecule has 1 aliphatic heterocycles. The SMILES string of the molecule is COc1cncc(O[C@H]2CCN(C(=O)CC3CCCCC3)C2)n1. The van der Waals surface area contributed by atoms with E-state index < -0.39 is 0 Å². The van der Waals surface area contributed by atoms with Crippen LogP contribution in [0.15, 0.2) is 12.4 Å². The number of carbonyl (C=O) groups excluding carboxylic acids is 1. The molecule has 0 aromatic carbocycles. The summed E-state index contributed by atoms with van der Waals surface area (Å²) in [6, 6.07) is 0. The van der Waals surface area contributed by atoms with Crippen LogP contribution in [-0.2, 0) is 4.79 Å². The summed E-state index contributed by atoms with van der Waals surface area (Å²) >= 11 is 0. The summed E-state index contributed by atoms with van der Waals surface area (Å²) in [7, 11) is 1.55. The van der Waals surface area contributed by atoms with E-state index in [-0.39, 0.29) is 12.0 Å². The molecule has 1 aliphatic carbocycles. The van der Waals surface area contributed by atoms with Crippen LogP contribution in [0.5, 0.6) is 11.8 Å². The maximum absolute atomic E-state index is 12.4. The van der Waals surface area contributed by atoms with Gasteiger partial charge in [-0.1, -0.05) is 19.3 Å². The molecule has 0 radical (unpaired) electrons. The van der Waals surface area contributed by atoms with Crippen LogP contribution in [0.1, 0.15) is 44.9 Å². The number of nitrogens with zero attached hydrogens (tertiary/aromatic N) is 3. The molecule has 1 amide bonds. The highest BCUT2D eigenvalue weighted by Gasteiger charge is 2.29. The van der Waals surface area contributed by atoms with Crippen LogP contribution < -0.4 is 9.47 Å². The van der Waals surface area contributed by atoms with Gasteiger partial charge in [0.1, 0.15) is 6.10 Å². The number of hydrogen-bond donors (Lipinski definition) is 0. The summed E-state index contributed by atoms with van der Waals surface area (Å²) in [6.07, 6.45) is 10.9. The molecule has 126 valence electrons. The van der Waals surface area contributed by atoms with Crippen molar-refractivity contribution in [3.63, 3.8) is 0 Å². The molecule has 0 unspecified atom stereocenters. The second kappa shape index (κ2) is 7.62. The summed E-state index contributed by atoms with van der Waals surface area (Å²) in [6.45, 7) is 1.41. The van der Waals surface area contributed by atoms with Crippen molar-refractivity contribution in [3.05, 3.63) is 12.4 Å². The van der Waals surface area contributed by atoms with Crippen LogP contribution in [0.25, 0.3) is 0 Å². The van der Waals surface area contributed by atoms with E-state index in [0.29, 0.717) is 30.6 Å². The molecule has 0 bridgehead atoms. The van der Waals surface area contributed by atoms with Gasteiger partial charge in [0, 0.05) is 19.4 Å². The van der Waals surface area contributed by atoms with Crippen molar-refractivity contribution in [2.45, 2.75) is 51.0 Å². The third kappa shape index (κ3) is 4.33. The van der Waals surface area contributed by atoms with E-state index in [4.69, 9.17) is 9.47 Å². The highest BCUT2D eigenvalue weighted by molar-refractivity contribution is 5.76. The van der Waals surface area contributed by atoms with Gasteiger partial charge in [-0.2, -0.15) is 4.98 Å². The predicted molar refractivity (Wildman–Crippen MR) is 85.4 cm³/mol. The summed E-state index contributed by atoms with van der Waals surface area (Å²) in [5.74, 6) is 1.75. The Morgan fingerprint density at radius 3 is 2.78 bits per heavy atom. The average Bonchev–Trinajstić information content (AvgIpc) is 3.04. The van der Waals surface area contributed by atoms with Gasteiger partial charge in [-0.3, -0.25) is 9.78 Å². The van der Waals surface area contributed by atoms with Crippen molar-refractivity contribution in [2.24, 2.45) is 5.92 Å². The first-order valence-corrected chi connectivity index (χ1v) is 8.55. The first-order valence-electron chi connectivity index (χ1n) is 8.55. The van der Waals surface area contributed by atoms with Gasteiger partial charge in [0.25, 0.3) is 0 Å². The minimum Gasteiger partial charge on any atom is -0.480 e. The summed E-state index contributed by atoms with van der Waals surface area (Å²) in [5, 5.41) is 0. The lowest BCUT2D eigenvalue weighted by Gasteiger charge is -2.24. The number of carbonyl (C=O) groups is 1. The minimum absolute atomic E-state index is 0.00767. The van der Waals surface area contributed by atoms with Gasteiger partial charge in [0.05, 0.1) is 26.0 Å². The lowest BCUT2D eigenvalue weighted by Crippen LogP contribution is -2.32. The highest BCUT2D eigenvalue weighted by Crippen LogP contribution is 2.27. The van der Waals surface area contributed by atoms with Crippen molar-refractivity contribution >= 4 is 5.91 Å². The first kappa shape index (κ1) is 16.0. The maximum atomic E-state index is 12.4. The van der Waals surface area contributed by atoms with E-state index in [9.17, 15) is 4.79 Å². The third-order valence-electron chi connectivity index (χ3n) is 4.77. The smallest absolute Gasteiger partial charge is 0.235 e. The van der Waals surface area contributed by atoms with Crippen molar-refractivity contribution in [1.82, 2.24) is 14.9 Å². The molecule has 2 fully saturated rings. The van der Waals surface area contributed by atoms with E-state index in [2.05, 4.69) is 9.97 Å². The molecule has 6 nitrogen and oxygen atoms in total. The number of ether oxygens (including phenoxy) is 2. The number of methoxy groups -OCH3 is 1. The lowest BCUT2D eigenvalue weighted by atomic mass is 9.87. The summed E-state index contributed by atoms with van der Waals surface area (Å²) < 4.78 is 10.9. The Balaban J connectivity index is 1.48. The molecule has 1 saturated carbocycles. The number of aromatic nitrogens is 2. The molecule has 1 atom stereocenters. The van der Waals surface area contributed by atoms with E-state index in [1.165, 1.54) is 32.1 Å². The Morgan fingerprint density at radius 2 is 2.00 bits per heavy atom. The molecule has 2 aliphatic rings. The minimum atomic E-state index is -0.00767. The molecule has 3 rings (SSSR count). The van der Waals surface area contributed by atoms with Gasteiger partial charge in [-0.05, 0) is 18.8 Å². The summed E-state index contributed by atoms with van der Waals surface area (Å²) in [5.41, 5.74) is 0. The fourth-order valence-electron chi connectivity index (χ4n) is 3.48. The predicted octanol–water partition coefficient (Wildman–Crippen LogP) is 2.44. The first-order chi connectivity index (χ1) is 11.2. The van der Waals surface area contributed by atoms with Crippen LogP contribution >= 0.6 is 0 Å². The van der Waals surface area contributed by atoms with Gasteiger partial charge < -0.3 is 14.4 Å². The zero-order valence-corrected chi connectivity index (χ0v) is 13.7. The summed E-state index contributed by atoms with van der Waals surface area (Å²) in [4.78, 5) is 22.6. The Hall–Kier alpha value is -1.85. The van der Waals surface area contributed by atoms with Gasteiger partial charge in [0.2, 0.25) is 17.7 Å². The number of likely N-dealkylation sites (tertiary alicyclic amines) is 1. The fraction of sp³-hybridized carbons (Fsp3) is 0.706. The largest absolute Gasteiger partial charge is 0.480 e. The van der Waals surface area contributed by atoms with E-state index >= 15 is 0 Å². The quantitative estimate of drug-likeness (QED) is 0.834. The topological polar surface area (TPSA) is 64.6 Å². The standard InChI is InChI=1S/C17H25N3O3/c1-22-15-10-18-11-16(19-15)23-14-7-8-20(12-14)17(21)9-13-5-3-2-4-6-13/h10-11,13-14H,2-9,12H2,1H3/t14-/m0/s1. The van der Waals surface area contributed by atoms with Crippen LogP contribution in [0.4, 0.5) is 0 Å². The molecule has 2 heterocycles. The van der Waals surface area contributed by atoms with E-state index in [1.807, 2.05) is 4.90 Å². The monoisotopic (exact) mass is 319 g/mol. The molecule has 1 saturated heterocycles. The van der Waals surface area contributed by atoms with Crippen LogP contribution in [0.2, 0.25) is 0 Å². The van der Waals surface area contributed by atoms with Crippen molar-refractivity contribution in [1.29, 1.82) is 0 Å². The Labute approximate surface area is 137 Å². The molecule has 0 N–H and O–H groups in total. The molecule has 1 aromatic heterocycles. The molecule has 23 heavy (non-hydrogen) atoms. The normalized spacial score (nSPS) is 22.1. The van der Waals surface area contributed by atoms with Gasteiger partial charge in [0.15, 0.2) is 0 Å². The van der Waals surface area contributed by atoms with Crippen molar-refractivity contribution < 1.29 is 14.3 Å². The highest BCUT2D eigenvalue weighted by atomic mass is 16.5. The second-order valence-corrected chi connectivity index (χ2v) is 6.48. The van der Waals surface area contributed by atoms with Gasteiger partial charge in [-0.15, -0.1) is 0 Å². The molecule has 0 spiro atoms. The Kier molecular flexibility index (Phi) is 5.31. The van der Waals surface area contributed by atoms with Crippen LogP contribution in [0.3, 0.4) is 0 Å². The van der Waals surface area contributed by atoms with Crippen LogP contribution in [0, 0.1) is 5.92 Å². The molecular formula is C17H25N3O3. The van der Waals surface area contributed by atoms with Crippen LogP contribution in [-0.4, -0.2) is 47.1 Å². The number of rotatable bonds is 5. The fourth-order valence-corrected chi connectivity index (χ4v) is 3.48. The molecule has 1 aromatic rings. The Bertz CT molecular complexity index is 532. The zero-order valence-electron chi connectivity index (χ0n) is 13.7. The zero-order chi connectivity index (χ0) is 16.1. The van der Waals surface area contributed by atoms with Gasteiger partial charge in [-0.25, -0.2) is 0 Å². The van der Waals surface area contributed by atoms with E-state index in [1.54, 1.807) is 19.5 Å². The number of hydrogen-bond acceptors (Lipinski definition) is 5. The second-order valence-electron chi connectivity index (χ2n) is 6.48. The number of amides is 1. The third-order valence-corrected chi connectivity index (χ3v) is 4.77. The Morgan fingerprint density at radius 1 is 1.22 bits per heavy atom. The average molecular weight is 319 g/mol. The van der Waals surface area contributed by atoms with E-state index in [0.717, 1.165) is 13.0 Å². The van der Waals surface area contributed by atoms with Crippen molar-refractivity contribution in [3.8, 4) is 11.8 Å². The van der Waals surface area contributed by atoms with Gasteiger partial charge >= 0.3 is 0 Å². The molecular weight excluding hydrogens is 294 g/mol. The molecule has 6 heteroatoms. The maximum Gasteiger partial charge on any atom is 0.235 e. The lowest BCUT2D eigenvalue weighted by molar-refractivity contribution is -0.131.